The fraction of sp³-hybridized carbons (Fsp3) is 0.562. The van der Waals surface area contributed by atoms with Gasteiger partial charge in [-0.25, -0.2) is 0 Å². The number of benzene rings is 1. The number of anilines is 2. The summed E-state index contributed by atoms with van der Waals surface area (Å²) in [7, 11) is 0. The highest BCUT2D eigenvalue weighted by Crippen LogP contribution is 2.37. The van der Waals surface area contributed by atoms with Crippen molar-refractivity contribution in [1.82, 2.24) is 0 Å². The smallest absolute Gasteiger partial charge is 0.224 e. The molecular weight excluding hydrogens is 236 g/mol. The molecule has 104 valence electrons. The number of rotatable bonds is 0. The molecule has 1 N–H and O–H groups in total. The van der Waals surface area contributed by atoms with Crippen LogP contribution in [0.25, 0.3) is 0 Å². The van der Waals surface area contributed by atoms with Crippen LogP contribution in [0.2, 0.25) is 0 Å². The Kier molecular flexibility index (Phi) is 3.12. The summed E-state index contributed by atoms with van der Waals surface area (Å²) in [6, 6.07) is 6.37. The van der Waals surface area contributed by atoms with E-state index in [-0.39, 0.29) is 16.9 Å². The van der Waals surface area contributed by atoms with Crippen molar-refractivity contribution in [1.29, 1.82) is 0 Å². The molecule has 0 atom stereocenters. The maximum Gasteiger partial charge on any atom is 0.224 e. The van der Waals surface area contributed by atoms with Crippen molar-refractivity contribution in [3.8, 4) is 0 Å². The van der Waals surface area contributed by atoms with E-state index in [1.54, 1.807) is 6.92 Å². The number of carbonyl (C=O) groups is 1. The van der Waals surface area contributed by atoms with Gasteiger partial charge in [0.1, 0.15) is 0 Å². The van der Waals surface area contributed by atoms with Crippen molar-refractivity contribution in [2.45, 2.75) is 52.5 Å². The van der Waals surface area contributed by atoms with E-state index in [9.17, 15) is 4.79 Å². The van der Waals surface area contributed by atoms with Gasteiger partial charge in [0.25, 0.3) is 0 Å². The van der Waals surface area contributed by atoms with Crippen LogP contribution in [0, 0.1) is 0 Å². The molecular formula is C16H24N2O. The van der Waals surface area contributed by atoms with Crippen LogP contribution in [0.3, 0.4) is 0 Å². The average molecular weight is 260 g/mol. The number of fused-ring (bicyclic) bond motifs is 1. The van der Waals surface area contributed by atoms with Crippen LogP contribution in [0.1, 0.15) is 47.1 Å². The molecule has 1 amide bonds. The van der Waals surface area contributed by atoms with Gasteiger partial charge >= 0.3 is 0 Å². The van der Waals surface area contributed by atoms with E-state index in [1.165, 1.54) is 5.56 Å². The first-order valence-corrected chi connectivity index (χ1v) is 6.81. The van der Waals surface area contributed by atoms with E-state index >= 15 is 0 Å². The Balaban J connectivity index is 2.53. The lowest BCUT2D eigenvalue weighted by Crippen LogP contribution is -2.50. The number of nitrogens with zero attached hydrogens (tertiary/aromatic N) is 1. The molecule has 0 bridgehead atoms. The molecule has 0 fully saturated rings. The molecule has 0 spiro atoms. The van der Waals surface area contributed by atoms with Gasteiger partial charge in [0.2, 0.25) is 5.91 Å². The van der Waals surface area contributed by atoms with Crippen molar-refractivity contribution in [3.63, 3.8) is 0 Å². The fourth-order valence-electron chi connectivity index (χ4n) is 2.49. The Labute approximate surface area is 116 Å². The molecule has 19 heavy (non-hydrogen) atoms. The molecule has 0 aliphatic carbocycles. The SMILES string of the molecule is CC(=O)N1CC(C)(C)Nc2ccc(C(C)(C)C)cc21. The fourth-order valence-corrected chi connectivity index (χ4v) is 2.49. The van der Waals surface area contributed by atoms with Crippen molar-refractivity contribution in [2.75, 3.05) is 16.8 Å². The zero-order valence-electron chi connectivity index (χ0n) is 12.8. The van der Waals surface area contributed by atoms with Crippen LogP contribution in [-0.2, 0) is 10.2 Å². The lowest BCUT2D eigenvalue weighted by Gasteiger charge is -2.41. The highest BCUT2D eigenvalue weighted by atomic mass is 16.2. The molecule has 3 nitrogen and oxygen atoms in total. The van der Waals surface area contributed by atoms with Gasteiger partial charge in [0.15, 0.2) is 0 Å². The van der Waals surface area contributed by atoms with Crippen molar-refractivity contribution in [2.24, 2.45) is 0 Å². The van der Waals surface area contributed by atoms with Gasteiger partial charge in [-0.2, -0.15) is 0 Å². The quantitative estimate of drug-likeness (QED) is 0.774. The van der Waals surface area contributed by atoms with Crippen LogP contribution in [0.5, 0.6) is 0 Å². The molecule has 1 aromatic carbocycles. The molecule has 0 aromatic heterocycles. The predicted octanol–water partition coefficient (Wildman–Crippen LogP) is 3.54. The van der Waals surface area contributed by atoms with Gasteiger partial charge in [-0.1, -0.05) is 26.8 Å². The van der Waals surface area contributed by atoms with Crippen molar-refractivity contribution >= 4 is 17.3 Å². The molecule has 2 rings (SSSR count). The molecule has 1 aliphatic heterocycles. The third kappa shape index (κ3) is 2.75. The summed E-state index contributed by atoms with van der Waals surface area (Å²) in [4.78, 5) is 13.8. The molecule has 1 aliphatic rings. The summed E-state index contributed by atoms with van der Waals surface area (Å²) in [5.41, 5.74) is 3.28. The minimum Gasteiger partial charge on any atom is -0.377 e. The normalized spacial score (nSPS) is 17.7. The van der Waals surface area contributed by atoms with Crippen LogP contribution in [0.15, 0.2) is 18.2 Å². The first kappa shape index (κ1) is 13.9. The lowest BCUT2D eigenvalue weighted by molar-refractivity contribution is -0.116. The topological polar surface area (TPSA) is 32.3 Å². The average Bonchev–Trinajstić information content (AvgIpc) is 2.24. The molecule has 1 heterocycles. The van der Waals surface area contributed by atoms with E-state index in [2.05, 4.69) is 58.1 Å². The Morgan fingerprint density at radius 1 is 1.32 bits per heavy atom. The van der Waals surface area contributed by atoms with E-state index in [0.717, 1.165) is 11.4 Å². The zero-order chi connectivity index (χ0) is 14.4. The summed E-state index contributed by atoms with van der Waals surface area (Å²) in [5.74, 6) is 0.0990. The first-order chi connectivity index (χ1) is 8.60. The summed E-state index contributed by atoms with van der Waals surface area (Å²) >= 11 is 0. The monoisotopic (exact) mass is 260 g/mol. The summed E-state index contributed by atoms with van der Waals surface area (Å²) in [5, 5.41) is 3.51. The molecule has 0 saturated heterocycles. The van der Waals surface area contributed by atoms with Crippen LogP contribution < -0.4 is 10.2 Å². The van der Waals surface area contributed by atoms with Gasteiger partial charge in [0.05, 0.1) is 11.4 Å². The molecule has 0 saturated carbocycles. The van der Waals surface area contributed by atoms with Crippen LogP contribution in [0.4, 0.5) is 11.4 Å². The minimum absolute atomic E-state index is 0.0878. The van der Waals surface area contributed by atoms with E-state index in [4.69, 9.17) is 0 Å². The minimum atomic E-state index is -0.0953. The second kappa shape index (κ2) is 4.26. The summed E-state index contributed by atoms with van der Waals surface area (Å²) in [6.07, 6.45) is 0. The first-order valence-electron chi connectivity index (χ1n) is 6.81. The second-order valence-electron chi connectivity index (χ2n) is 7.10. The highest BCUT2D eigenvalue weighted by molar-refractivity contribution is 5.97. The largest absolute Gasteiger partial charge is 0.377 e. The van der Waals surface area contributed by atoms with Gasteiger partial charge < -0.3 is 10.2 Å². The number of hydrogen-bond acceptors (Lipinski definition) is 2. The summed E-state index contributed by atoms with van der Waals surface area (Å²) < 4.78 is 0. The van der Waals surface area contributed by atoms with Crippen molar-refractivity contribution in [3.05, 3.63) is 23.8 Å². The number of carbonyl (C=O) groups excluding carboxylic acids is 1. The van der Waals surface area contributed by atoms with Gasteiger partial charge in [-0.05, 0) is 37.0 Å². The number of hydrogen-bond donors (Lipinski definition) is 1. The molecule has 0 radical (unpaired) electrons. The standard InChI is InChI=1S/C16H24N2O/c1-11(19)18-10-16(5,6)17-13-8-7-12(9-14(13)18)15(2,3)4/h7-9,17H,10H2,1-6H3. The second-order valence-corrected chi connectivity index (χ2v) is 7.10. The zero-order valence-corrected chi connectivity index (χ0v) is 12.8. The molecule has 0 unspecified atom stereocenters. The summed E-state index contributed by atoms with van der Waals surface area (Å²) in [6.45, 7) is 13.1. The Morgan fingerprint density at radius 3 is 2.47 bits per heavy atom. The Bertz CT molecular complexity index is 512. The van der Waals surface area contributed by atoms with Crippen molar-refractivity contribution < 1.29 is 4.79 Å². The molecule has 1 aromatic rings. The lowest BCUT2D eigenvalue weighted by atomic mass is 9.86. The molecule has 3 heteroatoms. The Hall–Kier alpha value is -1.51. The third-order valence-electron chi connectivity index (χ3n) is 3.56. The number of amides is 1. The van der Waals surface area contributed by atoms with E-state index < -0.39 is 0 Å². The van der Waals surface area contributed by atoms with Gasteiger partial charge in [-0.3, -0.25) is 4.79 Å². The maximum atomic E-state index is 11.9. The van der Waals surface area contributed by atoms with Crippen LogP contribution in [-0.4, -0.2) is 18.0 Å². The Morgan fingerprint density at radius 2 is 1.95 bits per heavy atom. The number of nitrogens with one attached hydrogen (secondary N) is 1. The van der Waals surface area contributed by atoms with Gasteiger partial charge in [-0.15, -0.1) is 0 Å². The van der Waals surface area contributed by atoms with Gasteiger partial charge in [0, 0.05) is 19.0 Å². The predicted molar refractivity (Wildman–Crippen MR) is 80.9 cm³/mol. The van der Waals surface area contributed by atoms with E-state index in [0.29, 0.717) is 6.54 Å². The highest BCUT2D eigenvalue weighted by Gasteiger charge is 2.32. The van der Waals surface area contributed by atoms with Crippen LogP contribution >= 0.6 is 0 Å². The van der Waals surface area contributed by atoms with E-state index in [1.807, 2.05) is 4.90 Å². The third-order valence-corrected chi connectivity index (χ3v) is 3.56. The maximum absolute atomic E-state index is 11.9.